The number of amides is 1. The Bertz CT molecular complexity index is 593. The molecule has 0 aliphatic carbocycles. The summed E-state index contributed by atoms with van der Waals surface area (Å²) in [4.78, 5) is 17.2. The van der Waals surface area contributed by atoms with Crippen LogP contribution in [0.25, 0.3) is 0 Å². The SMILES string of the molecule is O=C(NCCCCN1CCOCC1)C1CCCN(Cc2cccc(F)c2)C1. The molecule has 1 aromatic rings. The van der Waals surface area contributed by atoms with E-state index >= 15 is 0 Å². The normalized spacial score (nSPS) is 21.9. The molecule has 0 radical (unpaired) electrons. The summed E-state index contributed by atoms with van der Waals surface area (Å²) < 4.78 is 18.7. The van der Waals surface area contributed by atoms with Gasteiger partial charge in [-0.05, 0) is 56.5 Å². The molecule has 2 aliphatic heterocycles. The summed E-state index contributed by atoms with van der Waals surface area (Å²) in [7, 11) is 0. The van der Waals surface area contributed by atoms with Crippen LogP contribution in [-0.4, -0.2) is 68.2 Å². The van der Waals surface area contributed by atoms with E-state index in [1.54, 1.807) is 12.1 Å². The lowest BCUT2D eigenvalue weighted by Crippen LogP contribution is -2.43. The van der Waals surface area contributed by atoms with Crippen molar-refractivity contribution in [2.45, 2.75) is 32.2 Å². The number of carbonyl (C=O) groups excluding carboxylic acids is 1. The Morgan fingerprint density at radius 2 is 2.04 bits per heavy atom. The van der Waals surface area contributed by atoms with Gasteiger partial charge in [-0.1, -0.05) is 12.1 Å². The van der Waals surface area contributed by atoms with Crippen LogP contribution in [0.4, 0.5) is 4.39 Å². The molecule has 1 N–H and O–H groups in total. The molecule has 6 heteroatoms. The summed E-state index contributed by atoms with van der Waals surface area (Å²) in [6.45, 7) is 8.00. The smallest absolute Gasteiger partial charge is 0.224 e. The second-order valence-electron chi connectivity index (χ2n) is 7.66. The van der Waals surface area contributed by atoms with E-state index in [2.05, 4.69) is 15.1 Å². The maximum atomic E-state index is 13.4. The predicted octanol–water partition coefficient (Wildman–Crippen LogP) is 2.27. The van der Waals surface area contributed by atoms with Crippen molar-refractivity contribution in [3.63, 3.8) is 0 Å². The van der Waals surface area contributed by atoms with Crippen LogP contribution >= 0.6 is 0 Å². The number of hydrogen-bond acceptors (Lipinski definition) is 4. The van der Waals surface area contributed by atoms with Crippen LogP contribution in [0, 0.1) is 11.7 Å². The number of benzene rings is 1. The molecule has 2 aliphatic rings. The number of unbranched alkanes of at least 4 members (excludes halogenated alkanes) is 1. The largest absolute Gasteiger partial charge is 0.379 e. The number of nitrogens with one attached hydrogen (secondary N) is 1. The summed E-state index contributed by atoms with van der Waals surface area (Å²) in [6, 6.07) is 6.74. The zero-order chi connectivity index (χ0) is 18.9. The van der Waals surface area contributed by atoms with Gasteiger partial charge in [-0.15, -0.1) is 0 Å². The fourth-order valence-electron chi connectivity index (χ4n) is 3.95. The van der Waals surface area contributed by atoms with E-state index in [0.717, 1.165) is 83.7 Å². The lowest BCUT2D eigenvalue weighted by molar-refractivity contribution is -0.126. The van der Waals surface area contributed by atoms with E-state index in [-0.39, 0.29) is 17.6 Å². The number of rotatable bonds is 8. The van der Waals surface area contributed by atoms with Crippen molar-refractivity contribution in [3.05, 3.63) is 35.6 Å². The number of likely N-dealkylation sites (tertiary alicyclic amines) is 1. The molecule has 2 heterocycles. The van der Waals surface area contributed by atoms with Crippen molar-refractivity contribution in [1.29, 1.82) is 0 Å². The molecule has 5 nitrogen and oxygen atoms in total. The Balaban J connectivity index is 1.33. The summed E-state index contributed by atoms with van der Waals surface area (Å²) in [5, 5.41) is 3.11. The monoisotopic (exact) mass is 377 g/mol. The fourth-order valence-corrected chi connectivity index (χ4v) is 3.95. The third kappa shape index (κ3) is 6.87. The third-order valence-electron chi connectivity index (χ3n) is 5.48. The number of piperidine rings is 1. The quantitative estimate of drug-likeness (QED) is 0.706. The Kier molecular flexibility index (Phi) is 8.05. The van der Waals surface area contributed by atoms with E-state index < -0.39 is 0 Å². The zero-order valence-electron chi connectivity index (χ0n) is 16.2. The van der Waals surface area contributed by atoms with Crippen LogP contribution in [0.3, 0.4) is 0 Å². The van der Waals surface area contributed by atoms with Gasteiger partial charge in [0.05, 0.1) is 19.1 Å². The number of hydrogen-bond donors (Lipinski definition) is 1. The molecule has 2 saturated heterocycles. The first-order chi connectivity index (χ1) is 13.2. The summed E-state index contributed by atoms with van der Waals surface area (Å²) in [6.07, 6.45) is 4.09. The van der Waals surface area contributed by atoms with E-state index in [0.29, 0.717) is 6.54 Å². The van der Waals surface area contributed by atoms with Crippen molar-refractivity contribution in [2.24, 2.45) is 5.92 Å². The number of morpholine rings is 1. The van der Waals surface area contributed by atoms with Crippen LogP contribution in [0.15, 0.2) is 24.3 Å². The minimum absolute atomic E-state index is 0.0477. The van der Waals surface area contributed by atoms with Crippen LogP contribution in [0.2, 0.25) is 0 Å². The van der Waals surface area contributed by atoms with Crippen molar-refractivity contribution >= 4 is 5.91 Å². The van der Waals surface area contributed by atoms with Crippen molar-refractivity contribution < 1.29 is 13.9 Å². The molecule has 1 aromatic carbocycles. The molecule has 2 fully saturated rings. The van der Waals surface area contributed by atoms with Gasteiger partial charge >= 0.3 is 0 Å². The molecule has 0 saturated carbocycles. The van der Waals surface area contributed by atoms with Gasteiger partial charge in [0.1, 0.15) is 5.82 Å². The van der Waals surface area contributed by atoms with E-state index in [9.17, 15) is 9.18 Å². The highest BCUT2D eigenvalue weighted by Gasteiger charge is 2.25. The molecule has 1 amide bonds. The van der Waals surface area contributed by atoms with Crippen LogP contribution in [-0.2, 0) is 16.1 Å². The van der Waals surface area contributed by atoms with Crippen LogP contribution in [0.5, 0.6) is 0 Å². The van der Waals surface area contributed by atoms with Gasteiger partial charge in [-0.25, -0.2) is 4.39 Å². The molecule has 1 atom stereocenters. The average Bonchev–Trinajstić information content (AvgIpc) is 2.68. The Morgan fingerprint density at radius 3 is 2.85 bits per heavy atom. The van der Waals surface area contributed by atoms with Crippen molar-refractivity contribution in [3.8, 4) is 0 Å². The van der Waals surface area contributed by atoms with Crippen LogP contribution < -0.4 is 5.32 Å². The highest BCUT2D eigenvalue weighted by Crippen LogP contribution is 2.19. The Hall–Kier alpha value is -1.50. The molecular formula is C21H32FN3O2. The number of halogens is 1. The first-order valence-corrected chi connectivity index (χ1v) is 10.3. The molecule has 150 valence electrons. The third-order valence-corrected chi connectivity index (χ3v) is 5.48. The van der Waals surface area contributed by atoms with E-state index in [4.69, 9.17) is 4.74 Å². The minimum atomic E-state index is -0.198. The van der Waals surface area contributed by atoms with Gasteiger partial charge in [-0.2, -0.15) is 0 Å². The molecule has 0 bridgehead atoms. The van der Waals surface area contributed by atoms with Gasteiger partial charge in [0.25, 0.3) is 0 Å². The number of carbonyl (C=O) groups is 1. The standard InChI is InChI=1S/C21H32FN3O2/c22-20-7-3-5-18(15-20)16-25-10-4-6-19(17-25)21(26)23-8-1-2-9-24-11-13-27-14-12-24/h3,5,7,15,19H,1-2,4,6,8-14,16-17H2,(H,23,26). The first-order valence-electron chi connectivity index (χ1n) is 10.3. The summed E-state index contributed by atoms with van der Waals surface area (Å²) >= 11 is 0. The van der Waals surface area contributed by atoms with Gasteiger partial charge in [0, 0.05) is 32.7 Å². The summed E-state index contributed by atoms with van der Waals surface area (Å²) in [5.41, 5.74) is 0.971. The second kappa shape index (κ2) is 10.7. The number of nitrogens with zero attached hydrogens (tertiary/aromatic N) is 2. The highest BCUT2D eigenvalue weighted by atomic mass is 19.1. The van der Waals surface area contributed by atoms with Crippen LogP contribution in [0.1, 0.15) is 31.2 Å². The molecule has 1 unspecified atom stereocenters. The van der Waals surface area contributed by atoms with Crippen molar-refractivity contribution in [2.75, 3.05) is 52.5 Å². The van der Waals surface area contributed by atoms with Gasteiger partial charge in [-0.3, -0.25) is 14.6 Å². The van der Waals surface area contributed by atoms with Gasteiger partial charge in [0.15, 0.2) is 0 Å². The first kappa shape index (κ1) is 20.2. The van der Waals surface area contributed by atoms with Crippen molar-refractivity contribution in [1.82, 2.24) is 15.1 Å². The molecular weight excluding hydrogens is 345 g/mol. The fraction of sp³-hybridized carbons (Fsp3) is 0.667. The van der Waals surface area contributed by atoms with E-state index in [1.165, 1.54) is 6.07 Å². The molecule has 27 heavy (non-hydrogen) atoms. The molecule has 0 spiro atoms. The zero-order valence-corrected chi connectivity index (χ0v) is 16.2. The van der Waals surface area contributed by atoms with Gasteiger partial charge < -0.3 is 10.1 Å². The maximum absolute atomic E-state index is 13.4. The lowest BCUT2D eigenvalue weighted by Gasteiger charge is -2.32. The average molecular weight is 378 g/mol. The highest BCUT2D eigenvalue weighted by molar-refractivity contribution is 5.78. The number of ether oxygens (including phenoxy) is 1. The Morgan fingerprint density at radius 1 is 1.19 bits per heavy atom. The van der Waals surface area contributed by atoms with E-state index in [1.807, 2.05) is 6.07 Å². The maximum Gasteiger partial charge on any atom is 0.224 e. The minimum Gasteiger partial charge on any atom is -0.379 e. The molecule has 0 aromatic heterocycles. The lowest BCUT2D eigenvalue weighted by atomic mass is 9.96. The van der Waals surface area contributed by atoms with Gasteiger partial charge in [0.2, 0.25) is 5.91 Å². The second-order valence-corrected chi connectivity index (χ2v) is 7.66. The molecule has 3 rings (SSSR count). The topological polar surface area (TPSA) is 44.8 Å². The summed E-state index contributed by atoms with van der Waals surface area (Å²) in [5.74, 6) is 0.0211. The predicted molar refractivity (Wildman–Crippen MR) is 104 cm³/mol. The Labute approximate surface area is 161 Å².